The smallest absolute Gasteiger partial charge is 0.261 e. The van der Waals surface area contributed by atoms with Crippen LogP contribution in [0.5, 0.6) is 5.75 Å². The number of ether oxygens (including phenoxy) is 2. The molecule has 0 N–H and O–H groups in total. The van der Waals surface area contributed by atoms with Crippen LogP contribution in [-0.2, 0) is 20.6 Å². The number of carbonyl (C=O) groups excluding carboxylic acids is 1. The van der Waals surface area contributed by atoms with E-state index in [-0.39, 0.29) is 16.7 Å². The number of hydrogen-bond acceptors (Lipinski definition) is 4. The van der Waals surface area contributed by atoms with Gasteiger partial charge in [0, 0.05) is 13.0 Å². The number of ketones is 1. The van der Waals surface area contributed by atoms with Crippen molar-refractivity contribution in [3.8, 4) is 5.75 Å². The zero-order valence-electron chi connectivity index (χ0n) is 25.3. The molecule has 0 aliphatic heterocycles. The average Bonchev–Trinajstić information content (AvgIpc) is 2.94. The van der Waals surface area contributed by atoms with Crippen LogP contribution >= 0.6 is 0 Å². The van der Waals surface area contributed by atoms with E-state index in [0.717, 1.165) is 11.3 Å². The second kappa shape index (κ2) is 13.6. The molecule has 0 aromatic heterocycles. The Morgan fingerprint density at radius 2 is 1.40 bits per heavy atom. The highest BCUT2D eigenvalue weighted by atomic mass is 28.4. The van der Waals surface area contributed by atoms with E-state index in [1.54, 1.807) is 13.2 Å². The number of rotatable bonds is 14. The Kier molecular flexibility index (Phi) is 10.7. The summed E-state index contributed by atoms with van der Waals surface area (Å²) in [7, 11) is -1.01. The van der Waals surface area contributed by atoms with Gasteiger partial charge in [-0.1, -0.05) is 120 Å². The lowest BCUT2D eigenvalue weighted by atomic mass is 9.78. The minimum Gasteiger partial charge on any atom is -0.497 e. The van der Waals surface area contributed by atoms with Gasteiger partial charge in [0.05, 0.1) is 25.2 Å². The second-order valence-corrected chi connectivity index (χ2v) is 16.5. The van der Waals surface area contributed by atoms with E-state index >= 15 is 0 Å². The van der Waals surface area contributed by atoms with E-state index in [1.807, 2.05) is 50.2 Å². The highest BCUT2D eigenvalue weighted by molar-refractivity contribution is 6.99. The molecule has 3 aromatic carbocycles. The van der Waals surface area contributed by atoms with Crippen LogP contribution < -0.4 is 15.1 Å². The van der Waals surface area contributed by atoms with Crippen molar-refractivity contribution in [3.05, 3.63) is 103 Å². The van der Waals surface area contributed by atoms with Gasteiger partial charge in [-0.15, -0.1) is 6.58 Å². The molecule has 5 heteroatoms. The number of hydrogen-bond donors (Lipinski definition) is 0. The van der Waals surface area contributed by atoms with Crippen LogP contribution in [-0.4, -0.2) is 33.9 Å². The molecule has 3 aromatic rings. The number of methoxy groups -OCH3 is 1. The first-order valence-electron chi connectivity index (χ1n) is 14.1. The Morgan fingerprint density at radius 1 is 0.875 bits per heavy atom. The van der Waals surface area contributed by atoms with E-state index in [9.17, 15) is 4.79 Å². The third kappa shape index (κ3) is 7.20. The molecule has 40 heavy (non-hydrogen) atoms. The molecule has 0 aliphatic carbocycles. The zero-order valence-corrected chi connectivity index (χ0v) is 26.3. The Balaban J connectivity index is 1.74. The molecule has 0 unspecified atom stereocenters. The first kappa shape index (κ1) is 31.5. The van der Waals surface area contributed by atoms with E-state index in [4.69, 9.17) is 13.9 Å². The van der Waals surface area contributed by atoms with Crippen molar-refractivity contribution in [1.82, 2.24) is 0 Å². The molecule has 0 saturated heterocycles. The third-order valence-electron chi connectivity index (χ3n) is 7.77. The number of carbonyl (C=O) groups is 1. The van der Waals surface area contributed by atoms with Gasteiger partial charge in [0.15, 0.2) is 0 Å². The lowest BCUT2D eigenvalue weighted by Gasteiger charge is -2.43. The average molecular weight is 559 g/mol. The fourth-order valence-corrected chi connectivity index (χ4v) is 9.99. The molecule has 0 aliphatic rings. The maximum absolute atomic E-state index is 13.6. The molecular formula is C35H46O4Si. The molecule has 0 radical (unpaired) electrons. The Hall–Kier alpha value is -2.99. The summed E-state index contributed by atoms with van der Waals surface area (Å²) >= 11 is 0. The van der Waals surface area contributed by atoms with Crippen molar-refractivity contribution in [3.63, 3.8) is 0 Å². The minimum absolute atomic E-state index is 0.0421. The highest BCUT2D eigenvalue weighted by Gasteiger charge is 2.50. The minimum atomic E-state index is -2.66. The lowest BCUT2D eigenvalue weighted by molar-refractivity contribution is -0.135. The first-order valence-corrected chi connectivity index (χ1v) is 16.0. The second-order valence-electron chi connectivity index (χ2n) is 12.2. The predicted octanol–water partition coefficient (Wildman–Crippen LogP) is 6.96. The Bertz CT molecular complexity index is 1170. The van der Waals surface area contributed by atoms with E-state index in [0.29, 0.717) is 19.6 Å². The molecule has 0 bridgehead atoms. The molecular weight excluding hydrogens is 512 g/mol. The van der Waals surface area contributed by atoms with Gasteiger partial charge in [0.1, 0.15) is 11.5 Å². The molecule has 2 atom stereocenters. The molecule has 0 heterocycles. The standard InChI is InChI=1S/C35H46O4Si/c1-9-33(38-26-28-20-22-29(37-8)23-21-28)35(6,7)32(36)24-27(2)25-39-40(34(3,4)5,30-16-12-10-13-17-30)31-18-14-11-15-19-31/h9-23,27,33H,1,24-26H2,2-8H3/t27-,33-/m1/s1. The normalized spacial score (nSPS) is 13.9. The van der Waals surface area contributed by atoms with Crippen molar-refractivity contribution >= 4 is 24.5 Å². The van der Waals surface area contributed by atoms with Gasteiger partial charge in [0.2, 0.25) is 0 Å². The molecule has 0 amide bonds. The topological polar surface area (TPSA) is 44.8 Å². The van der Waals surface area contributed by atoms with E-state index in [2.05, 4.69) is 82.8 Å². The van der Waals surface area contributed by atoms with Crippen molar-refractivity contribution in [2.45, 2.75) is 65.7 Å². The van der Waals surface area contributed by atoms with Crippen LogP contribution in [0.15, 0.2) is 97.6 Å². The summed E-state index contributed by atoms with van der Waals surface area (Å²) in [6, 6.07) is 29.0. The predicted molar refractivity (Wildman–Crippen MR) is 168 cm³/mol. The molecule has 0 spiro atoms. The largest absolute Gasteiger partial charge is 0.497 e. The molecule has 0 saturated carbocycles. The van der Waals surface area contributed by atoms with E-state index < -0.39 is 19.8 Å². The van der Waals surface area contributed by atoms with Crippen molar-refractivity contribution in [2.24, 2.45) is 11.3 Å². The number of Topliss-reactive ketones (excluding diaryl/α,β-unsaturated/α-hetero) is 1. The molecule has 214 valence electrons. The summed E-state index contributed by atoms with van der Waals surface area (Å²) in [5.41, 5.74) is 0.294. The summed E-state index contributed by atoms with van der Waals surface area (Å²) in [5.74, 6) is 0.986. The van der Waals surface area contributed by atoms with Crippen molar-refractivity contribution in [1.29, 1.82) is 0 Å². The van der Waals surface area contributed by atoms with Crippen LogP contribution in [0, 0.1) is 11.3 Å². The van der Waals surface area contributed by atoms with Gasteiger partial charge in [-0.05, 0) is 39.0 Å². The quantitative estimate of drug-likeness (QED) is 0.158. The lowest BCUT2D eigenvalue weighted by Crippen LogP contribution is -2.66. The monoisotopic (exact) mass is 558 g/mol. The summed E-state index contributed by atoms with van der Waals surface area (Å²) in [6.07, 6.45) is 1.73. The van der Waals surface area contributed by atoms with Crippen LogP contribution in [0.3, 0.4) is 0 Å². The summed E-state index contributed by atoms with van der Waals surface area (Å²) in [4.78, 5) is 13.6. The Morgan fingerprint density at radius 3 is 1.85 bits per heavy atom. The van der Waals surface area contributed by atoms with Crippen molar-refractivity contribution < 1.29 is 18.7 Å². The molecule has 4 nitrogen and oxygen atoms in total. The maximum atomic E-state index is 13.6. The maximum Gasteiger partial charge on any atom is 0.261 e. The van der Waals surface area contributed by atoms with E-state index in [1.165, 1.54) is 10.4 Å². The molecule has 3 rings (SSSR count). The molecule has 0 fully saturated rings. The van der Waals surface area contributed by atoms with Crippen LogP contribution in [0.1, 0.15) is 53.5 Å². The van der Waals surface area contributed by atoms with Crippen LogP contribution in [0.25, 0.3) is 0 Å². The van der Waals surface area contributed by atoms with Gasteiger partial charge < -0.3 is 13.9 Å². The van der Waals surface area contributed by atoms with Gasteiger partial charge >= 0.3 is 0 Å². The first-order chi connectivity index (χ1) is 19.0. The van der Waals surface area contributed by atoms with Gasteiger partial charge in [-0.3, -0.25) is 4.79 Å². The zero-order chi connectivity index (χ0) is 29.4. The van der Waals surface area contributed by atoms with Gasteiger partial charge in [-0.2, -0.15) is 0 Å². The summed E-state index contributed by atoms with van der Waals surface area (Å²) in [6.45, 7) is 17.7. The Labute approximate surface area is 242 Å². The third-order valence-corrected chi connectivity index (χ3v) is 12.8. The fourth-order valence-electron chi connectivity index (χ4n) is 5.30. The van der Waals surface area contributed by atoms with Gasteiger partial charge in [0.25, 0.3) is 8.32 Å². The van der Waals surface area contributed by atoms with Gasteiger partial charge in [-0.25, -0.2) is 0 Å². The van der Waals surface area contributed by atoms with Crippen molar-refractivity contribution in [2.75, 3.05) is 13.7 Å². The van der Waals surface area contributed by atoms with Crippen LogP contribution in [0.2, 0.25) is 5.04 Å². The van der Waals surface area contributed by atoms with Crippen LogP contribution in [0.4, 0.5) is 0 Å². The highest BCUT2D eigenvalue weighted by Crippen LogP contribution is 2.37. The SMILES string of the molecule is C=C[C@@H](OCc1ccc(OC)cc1)C(C)(C)C(=O)C[C@@H](C)CO[Si](c1ccccc1)(c1ccccc1)C(C)(C)C. The number of benzene rings is 3. The fraction of sp³-hybridized carbons (Fsp3) is 0.400. The summed E-state index contributed by atoms with van der Waals surface area (Å²) in [5, 5.41) is 2.37. The summed E-state index contributed by atoms with van der Waals surface area (Å²) < 4.78 is 18.5.